The Morgan fingerprint density at radius 2 is 1.82 bits per heavy atom. The number of hydrogen-bond acceptors (Lipinski definition) is 2. The average Bonchev–Trinajstić information content (AvgIpc) is 2.53. The Morgan fingerprint density at radius 1 is 1.14 bits per heavy atom. The lowest BCUT2D eigenvalue weighted by Crippen LogP contribution is -2.36. The largest absolute Gasteiger partial charge is 0.483 e. The van der Waals surface area contributed by atoms with Crippen molar-refractivity contribution in [2.75, 3.05) is 6.61 Å². The molecule has 0 aromatic heterocycles. The molecule has 0 fully saturated rings. The van der Waals surface area contributed by atoms with Crippen molar-refractivity contribution in [1.29, 1.82) is 0 Å². The highest BCUT2D eigenvalue weighted by Crippen LogP contribution is 2.23. The minimum atomic E-state index is -0.101. The van der Waals surface area contributed by atoms with Gasteiger partial charge in [0.1, 0.15) is 5.75 Å². The van der Waals surface area contributed by atoms with Crippen LogP contribution in [0.25, 0.3) is 0 Å². The van der Waals surface area contributed by atoms with Gasteiger partial charge in [-0.2, -0.15) is 0 Å². The van der Waals surface area contributed by atoms with Crippen LogP contribution in [-0.4, -0.2) is 18.6 Å². The monoisotopic (exact) mass is 361 g/mol. The summed E-state index contributed by atoms with van der Waals surface area (Å²) in [5.74, 6) is 0.575. The maximum absolute atomic E-state index is 11.9. The number of amides is 1. The first-order valence-electron chi connectivity index (χ1n) is 7.36. The fourth-order valence-electron chi connectivity index (χ4n) is 2.12. The molecule has 0 unspecified atom stereocenters. The van der Waals surface area contributed by atoms with Crippen molar-refractivity contribution in [2.24, 2.45) is 0 Å². The van der Waals surface area contributed by atoms with Gasteiger partial charge in [0, 0.05) is 6.04 Å². The predicted molar refractivity (Wildman–Crippen MR) is 92.0 cm³/mol. The SMILES string of the molecule is C[C@H](CCc1ccccc1)NC(=O)COc1ccccc1Br. The molecule has 0 radical (unpaired) electrons. The molecule has 2 aromatic rings. The van der Waals surface area contributed by atoms with E-state index in [2.05, 4.69) is 33.4 Å². The lowest BCUT2D eigenvalue weighted by atomic mass is 10.1. The minimum absolute atomic E-state index is 0.0261. The summed E-state index contributed by atoms with van der Waals surface area (Å²) in [6, 6.07) is 17.9. The number of rotatable bonds is 7. The van der Waals surface area contributed by atoms with Gasteiger partial charge in [-0.25, -0.2) is 0 Å². The van der Waals surface area contributed by atoms with E-state index in [9.17, 15) is 4.79 Å². The van der Waals surface area contributed by atoms with Crippen LogP contribution in [-0.2, 0) is 11.2 Å². The molecule has 0 aliphatic carbocycles. The first kappa shape index (κ1) is 16.6. The third-order valence-electron chi connectivity index (χ3n) is 3.31. The highest BCUT2D eigenvalue weighted by atomic mass is 79.9. The molecule has 1 atom stereocenters. The van der Waals surface area contributed by atoms with Crippen LogP contribution >= 0.6 is 15.9 Å². The molecule has 0 heterocycles. The lowest BCUT2D eigenvalue weighted by Gasteiger charge is -2.14. The number of carbonyl (C=O) groups excluding carboxylic acids is 1. The molecule has 4 heteroatoms. The molecule has 0 spiro atoms. The summed E-state index contributed by atoms with van der Waals surface area (Å²) in [5, 5.41) is 2.96. The number of aryl methyl sites for hydroxylation is 1. The summed E-state index contributed by atoms with van der Waals surface area (Å²) in [6.07, 6.45) is 1.86. The summed E-state index contributed by atoms with van der Waals surface area (Å²) >= 11 is 3.39. The lowest BCUT2D eigenvalue weighted by molar-refractivity contribution is -0.123. The van der Waals surface area contributed by atoms with Crippen LogP contribution < -0.4 is 10.1 Å². The van der Waals surface area contributed by atoms with Crippen molar-refractivity contribution in [3.63, 3.8) is 0 Å². The zero-order valence-corrected chi connectivity index (χ0v) is 14.2. The Balaban J connectivity index is 1.71. The van der Waals surface area contributed by atoms with Crippen molar-refractivity contribution >= 4 is 21.8 Å². The molecule has 1 N–H and O–H groups in total. The van der Waals surface area contributed by atoms with Gasteiger partial charge in [-0.3, -0.25) is 4.79 Å². The highest BCUT2D eigenvalue weighted by molar-refractivity contribution is 9.10. The Morgan fingerprint density at radius 3 is 2.55 bits per heavy atom. The molecule has 0 saturated heterocycles. The van der Waals surface area contributed by atoms with Crippen LogP contribution in [0, 0.1) is 0 Å². The minimum Gasteiger partial charge on any atom is -0.483 e. The van der Waals surface area contributed by atoms with Crippen LogP contribution in [0.3, 0.4) is 0 Å². The summed E-state index contributed by atoms with van der Waals surface area (Å²) in [5.41, 5.74) is 1.29. The van der Waals surface area contributed by atoms with Crippen LogP contribution in [0.1, 0.15) is 18.9 Å². The van der Waals surface area contributed by atoms with Crippen molar-refractivity contribution in [3.8, 4) is 5.75 Å². The first-order valence-corrected chi connectivity index (χ1v) is 8.15. The van der Waals surface area contributed by atoms with Gasteiger partial charge < -0.3 is 10.1 Å². The molecular formula is C18H20BrNO2. The van der Waals surface area contributed by atoms with Crippen LogP contribution in [0.15, 0.2) is 59.1 Å². The third-order valence-corrected chi connectivity index (χ3v) is 3.97. The molecule has 0 aliphatic heterocycles. The number of halogens is 1. The van der Waals surface area contributed by atoms with Crippen molar-refractivity contribution < 1.29 is 9.53 Å². The second-order valence-corrected chi connectivity index (χ2v) is 6.07. The summed E-state index contributed by atoms with van der Waals surface area (Å²) in [4.78, 5) is 11.9. The zero-order valence-electron chi connectivity index (χ0n) is 12.6. The Hall–Kier alpha value is -1.81. The van der Waals surface area contributed by atoms with E-state index in [0.717, 1.165) is 17.3 Å². The van der Waals surface area contributed by atoms with Gasteiger partial charge in [0.15, 0.2) is 6.61 Å². The van der Waals surface area contributed by atoms with Crippen LogP contribution in [0.4, 0.5) is 0 Å². The van der Waals surface area contributed by atoms with E-state index >= 15 is 0 Å². The molecule has 0 saturated carbocycles. The molecule has 0 aliphatic rings. The van der Waals surface area contributed by atoms with Gasteiger partial charge in [-0.1, -0.05) is 42.5 Å². The Labute approximate surface area is 139 Å². The van der Waals surface area contributed by atoms with Gasteiger partial charge in [0.25, 0.3) is 5.91 Å². The number of ether oxygens (including phenoxy) is 1. The van der Waals surface area contributed by atoms with Crippen LogP contribution in [0.2, 0.25) is 0 Å². The predicted octanol–water partition coefficient (Wildman–Crippen LogP) is 3.97. The quantitative estimate of drug-likeness (QED) is 0.810. The molecule has 3 nitrogen and oxygen atoms in total. The van der Waals surface area contributed by atoms with Gasteiger partial charge in [-0.05, 0) is 53.4 Å². The number of carbonyl (C=O) groups is 1. The van der Waals surface area contributed by atoms with E-state index in [0.29, 0.717) is 5.75 Å². The van der Waals surface area contributed by atoms with E-state index in [1.165, 1.54) is 5.56 Å². The molecule has 1 amide bonds. The first-order chi connectivity index (χ1) is 10.6. The molecular weight excluding hydrogens is 342 g/mol. The smallest absolute Gasteiger partial charge is 0.258 e. The highest BCUT2D eigenvalue weighted by Gasteiger charge is 2.09. The molecule has 2 rings (SSSR count). The summed E-state index contributed by atoms with van der Waals surface area (Å²) in [7, 11) is 0. The maximum Gasteiger partial charge on any atom is 0.258 e. The number of nitrogens with one attached hydrogen (secondary N) is 1. The normalized spacial score (nSPS) is 11.7. The van der Waals surface area contributed by atoms with Gasteiger partial charge in [0.05, 0.1) is 4.47 Å². The second kappa shape index (κ2) is 8.59. The summed E-state index contributed by atoms with van der Waals surface area (Å²) in [6.45, 7) is 2.04. The van der Waals surface area contributed by atoms with Gasteiger partial charge in [0.2, 0.25) is 0 Å². The fraction of sp³-hybridized carbons (Fsp3) is 0.278. The van der Waals surface area contributed by atoms with E-state index in [-0.39, 0.29) is 18.6 Å². The van der Waals surface area contributed by atoms with Crippen molar-refractivity contribution in [3.05, 3.63) is 64.6 Å². The average molecular weight is 362 g/mol. The topological polar surface area (TPSA) is 38.3 Å². The van der Waals surface area contributed by atoms with Crippen molar-refractivity contribution in [1.82, 2.24) is 5.32 Å². The maximum atomic E-state index is 11.9. The Kier molecular flexibility index (Phi) is 6.46. The molecule has 2 aromatic carbocycles. The summed E-state index contributed by atoms with van der Waals surface area (Å²) < 4.78 is 6.35. The zero-order chi connectivity index (χ0) is 15.8. The van der Waals surface area contributed by atoms with Gasteiger partial charge in [-0.15, -0.1) is 0 Å². The van der Waals surface area contributed by atoms with Crippen LogP contribution in [0.5, 0.6) is 5.75 Å². The second-order valence-electron chi connectivity index (χ2n) is 5.21. The Bertz CT molecular complexity index is 601. The van der Waals surface area contributed by atoms with E-state index in [1.54, 1.807) is 0 Å². The van der Waals surface area contributed by atoms with Crippen molar-refractivity contribution in [2.45, 2.75) is 25.8 Å². The number of para-hydroxylation sites is 1. The third kappa shape index (κ3) is 5.53. The van der Waals surface area contributed by atoms with E-state index < -0.39 is 0 Å². The number of hydrogen-bond donors (Lipinski definition) is 1. The number of benzene rings is 2. The van der Waals surface area contributed by atoms with E-state index in [4.69, 9.17) is 4.74 Å². The molecule has 22 heavy (non-hydrogen) atoms. The van der Waals surface area contributed by atoms with Gasteiger partial charge >= 0.3 is 0 Å². The van der Waals surface area contributed by atoms with E-state index in [1.807, 2.05) is 49.4 Å². The fourth-order valence-corrected chi connectivity index (χ4v) is 2.52. The molecule has 0 bridgehead atoms. The standard InChI is InChI=1S/C18H20BrNO2/c1-14(11-12-15-7-3-2-4-8-15)20-18(21)13-22-17-10-6-5-9-16(17)19/h2-10,14H,11-13H2,1H3,(H,20,21)/t14-/m1/s1. The molecule has 116 valence electrons.